The minimum atomic E-state index is -2.40. The van der Waals surface area contributed by atoms with Gasteiger partial charge >= 0.3 is 32.9 Å². The average Bonchev–Trinajstić information content (AvgIpc) is 3.66. The first kappa shape index (κ1) is 63.2. The minimum Gasteiger partial charge on any atom is -0.481 e. The number of hydrogen-bond acceptors (Lipinski definition) is 12. The molecule has 0 spiro atoms. The van der Waals surface area contributed by atoms with E-state index in [1.165, 1.54) is 6.42 Å². The molecule has 338 valence electrons. The predicted octanol–water partition coefficient (Wildman–Crippen LogP) is 10.1. The number of carboxylic acids is 1. The van der Waals surface area contributed by atoms with E-state index in [1.54, 1.807) is 17.8 Å². The van der Waals surface area contributed by atoms with Gasteiger partial charge in [0.15, 0.2) is 0 Å². The summed E-state index contributed by atoms with van der Waals surface area (Å²) in [6.07, 6.45) is 8.78. The molecule has 15 heteroatoms. The van der Waals surface area contributed by atoms with Gasteiger partial charge in [-0.15, -0.1) is 5.10 Å². The fourth-order valence-corrected chi connectivity index (χ4v) is 6.10. The van der Waals surface area contributed by atoms with Crippen molar-refractivity contribution in [1.82, 2.24) is 15.0 Å². The van der Waals surface area contributed by atoms with Gasteiger partial charge in [0.1, 0.15) is 12.3 Å². The number of rotatable bonds is 20. The highest BCUT2D eigenvalue weighted by atomic mass is 28.4. The first-order valence-corrected chi connectivity index (χ1v) is 22.8. The van der Waals surface area contributed by atoms with Gasteiger partial charge in [-0.25, -0.2) is 4.68 Å². The van der Waals surface area contributed by atoms with Crippen LogP contribution in [0.5, 0.6) is 0 Å². The highest BCUT2D eigenvalue weighted by Crippen LogP contribution is 2.28. The molecule has 4 atom stereocenters. The summed E-state index contributed by atoms with van der Waals surface area (Å²) in [4.78, 5) is 48.6. The smallest absolute Gasteiger partial charge is 0.481 e. The summed E-state index contributed by atoms with van der Waals surface area (Å²) in [6.45, 7) is 39.3. The second kappa shape index (κ2) is 39.8. The third kappa shape index (κ3) is 37.1. The molecule has 1 N–H and O–H groups in total. The van der Waals surface area contributed by atoms with Crippen LogP contribution in [-0.4, -0.2) is 79.4 Å². The molecular weight excluding hydrogens is 751 g/mol. The summed E-state index contributed by atoms with van der Waals surface area (Å²) in [5.41, 5.74) is 1.60. The van der Waals surface area contributed by atoms with Crippen LogP contribution in [0.15, 0.2) is 6.20 Å². The van der Waals surface area contributed by atoms with E-state index in [1.807, 2.05) is 69.2 Å². The van der Waals surface area contributed by atoms with E-state index in [0.717, 1.165) is 38.5 Å². The van der Waals surface area contributed by atoms with Crippen molar-refractivity contribution >= 4 is 32.9 Å². The first-order valence-electron chi connectivity index (χ1n) is 21.0. The zero-order chi connectivity index (χ0) is 45.6. The molecule has 1 rings (SSSR count). The molecule has 4 unspecified atom stereocenters. The highest BCUT2D eigenvalue weighted by Gasteiger charge is 2.45. The zero-order valence-electron chi connectivity index (χ0n) is 39.3. The first-order chi connectivity index (χ1) is 26.6. The van der Waals surface area contributed by atoms with Crippen molar-refractivity contribution in [2.45, 2.75) is 188 Å². The van der Waals surface area contributed by atoms with Crippen LogP contribution < -0.4 is 0 Å². The lowest BCUT2D eigenvalue weighted by atomic mass is 9.94. The minimum absolute atomic E-state index is 0.0547. The quantitative estimate of drug-likeness (QED) is 0.0745. The Kier molecular flexibility index (Phi) is 44.2. The number of aromatic nitrogens is 3. The number of hydrogen-bond donors (Lipinski definition) is 1. The molecule has 0 bridgehead atoms. The summed E-state index contributed by atoms with van der Waals surface area (Å²) in [5.74, 6) is -1.11. The Balaban J connectivity index is -0.000000202. The molecule has 0 saturated heterocycles. The molecule has 0 aliphatic carbocycles. The number of unbranched alkanes of at least 4 members (excludes halogenated alkanes) is 1. The van der Waals surface area contributed by atoms with Gasteiger partial charge in [-0.05, 0) is 72.1 Å². The number of carbonyl (C=O) groups is 3. The number of carboxylic acid groups (broad SMARTS) is 1. The van der Waals surface area contributed by atoms with E-state index in [9.17, 15) is 14.4 Å². The number of aliphatic carboxylic acids is 1. The Morgan fingerprint density at radius 1 is 0.737 bits per heavy atom. The largest absolute Gasteiger partial charge is 0.503 e. The molecule has 1 aromatic rings. The number of nitrogens with zero attached hydrogens (tertiary/aromatic N) is 3. The monoisotopic (exact) mass is 836 g/mol. The van der Waals surface area contributed by atoms with E-state index in [-0.39, 0.29) is 48.5 Å². The lowest BCUT2D eigenvalue weighted by molar-refractivity contribution is -0.191. The maximum absolute atomic E-state index is 11.4. The van der Waals surface area contributed by atoms with Gasteiger partial charge < -0.3 is 27.9 Å². The molecule has 0 radical (unpaired) electrons. The predicted molar refractivity (Wildman–Crippen MR) is 227 cm³/mol. The standard InChI is InChI=1S/C11H19N3O2.C10H24O3Si.C9H18O2.C6H14.C5H10O2.CO2/c1-5-9(4)11(15)16-7-10-6-14(8(2)3)13-12-10;1-6-10(5)14(11-7-2,12-8-3)13-9-4;1-4-6-7-11-9(10)8(3)5-2;1-5-6(2,3)4;1-3-4(2)5(6)7;2-1-3/h6,8-9H,5,7H2,1-4H3;10H,6-9H2,1-5H3;8H,4-7H2,1-3H3;5H2,1-4H3;4H,3H2,1-2H3,(H,6,7);. The molecule has 0 amide bonds. The van der Waals surface area contributed by atoms with E-state index in [0.29, 0.717) is 43.1 Å². The normalized spacial score (nSPS) is 12.6. The molecule has 0 aliphatic heterocycles. The van der Waals surface area contributed by atoms with Crippen molar-refractivity contribution in [3.05, 3.63) is 11.9 Å². The van der Waals surface area contributed by atoms with Crippen molar-refractivity contribution in [1.29, 1.82) is 0 Å². The molecule has 57 heavy (non-hydrogen) atoms. The third-order valence-electron chi connectivity index (χ3n) is 8.57. The summed E-state index contributed by atoms with van der Waals surface area (Å²) in [5, 5.41) is 16.0. The third-order valence-corrected chi connectivity index (χ3v) is 12.3. The summed E-state index contributed by atoms with van der Waals surface area (Å²) in [6, 6.07) is 0.270. The van der Waals surface area contributed by atoms with Gasteiger partial charge in [0, 0.05) is 31.4 Å². The van der Waals surface area contributed by atoms with Gasteiger partial charge in [-0.1, -0.05) is 108 Å². The maximum atomic E-state index is 11.4. The summed E-state index contributed by atoms with van der Waals surface area (Å²) >= 11 is 0. The van der Waals surface area contributed by atoms with Gasteiger partial charge in [-0.2, -0.15) is 9.59 Å². The number of ether oxygens (including phenoxy) is 2. The fourth-order valence-electron chi connectivity index (χ4n) is 3.29. The Morgan fingerprint density at radius 3 is 1.40 bits per heavy atom. The van der Waals surface area contributed by atoms with Crippen molar-refractivity contribution < 1.29 is 51.8 Å². The van der Waals surface area contributed by atoms with E-state index in [2.05, 4.69) is 58.8 Å². The van der Waals surface area contributed by atoms with Gasteiger partial charge in [0.2, 0.25) is 0 Å². The van der Waals surface area contributed by atoms with Crippen LogP contribution in [0.3, 0.4) is 0 Å². The Morgan fingerprint density at radius 2 is 1.14 bits per heavy atom. The van der Waals surface area contributed by atoms with Crippen LogP contribution in [0.2, 0.25) is 5.54 Å². The molecule has 0 aromatic carbocycles. The topological polar surface area (TPSA) is 182 Å². The SMILES string of the molecule is CCC(C)(C)C.CCC(C)C(=O)O.CCC(C)C(=O)OCc1cn(C(C)C)nn1.CCCCOC(=O)C(C)CC.CCO[Si](OCC)(OCC)C(C)CC.O=C=O. The van der Waals surface area contributed by atoms with E-state index in [4.69, 9.17) is 37.4 Å². The van der Waals surface area contributed by atoms with Gasteiger partial charge in [0.05, 0.1) is 30.6 Å². The molecule has 1 aromatic heterocycles. The average molecular weight is 836 g/mol. The van der Waals surface area contributed by atoms with Gasteiger partial charge in [-0.3, -0.25) is 14.4 Å². The fraction of sp³-hybridized carbons (Fsp3) is 0.857. The van der Waals surface area contributed by atoms with Gasteiger partial charge in [0.25, 0.3) is 0 Å². The molecule has 0 aliphatic rings. The highest BCUT2D eigenvalue weighted by molar-refractivity contribution is 6.62. The van der Waals surface area contributed by atoms with Crippen LogP contribution >= 0.6 is 0 Å². The Hall–Kier alpha value is -2.97. The molecular formula is C42H85N3O11Si. The molecule has 14 nitrogen and oxygen atoms in total. The van der Waals surface area contributed by atoms with Crippen LogP contribution in [0.25, 0.3) is 0 Å². The number of esters is 2. The van der Waals surface area contributed by atoms with E-state index < -0.39 is 14.8 Å². The summed E-state index contributed by atoms with van der Waals surface area (Å²) in [7, 11) is -2.40. The van der Waals surface area contributed by atoms with Crippen LogP contribution in [0, 0.1) is 23.2 Å². The Labute approximate surface area is 348 Å². The maximum Gasteiger partial charge on any atom is 0.503 e. The second-order valence-electron chi connectivity index (χ2n) is 14.9. The van der Waals surface area contributed by atoms with Crippen molar-refractivity contribution in [3.63, 3.8) is 0 Å². The van der Waals surface area contributed by atoms with Crippen LogP contribution in [0.4, 0.5) is 0 Å². The van der Waals surface area contributed by atoms with Crippen LogP contribution in [0.1, 0.15) is 181 Å². The van der Waals surface area contributed by atoms with Crippen molar-refractivity contribution in [2.75, 3.05) is 26.4 Å². The lowest BCUT2D eigenvalue weighted by Gasteiger charge is -2.32. The molecule has 0 saturated carbocycles. The van der Waals surface area contributed by atoms with Crippen LogP contribution in [-0.2, 0) is 53.3 Å². The Bertz CT molecular complexity index is 1120. The number of carbonyl (C=O) groups excluding carboxylic acids is 4. The second-order valence-corrected chi connectivity index (χ2v) is 17.9. The lowest BCUT2D eigenvalue weighted by Crippen LogP contribution is -2.49. The zero-order valence-corrected chi connectivity index (χ0v) is 40.3. The van der Waals surface area contributed by atoms with Crippen molar-refractivity contribution in [2.24, 2.45) is 23.2 Å². The van der Waals surface area contributed by atoms with E-state index >= 15 is 0 Å². The van der Waals surface area contributed by atoms with Crippen molar-refractivity contribution in [3.8, 4) is 0 Å². The molecule has 0 fully saturated rings. The molecule has 1 heterocycles. The summed E-state index contributed by atoms with van der Waals surface area (Å²) < 4.78 is 29.1.